The van der Waals surface area contributed by atoms with Crippen LogP contribution in [0, 0.1) is 5.82 Å². The van der Waals surface area contributed by atoms with Crippen LogP contribution in [0.1, 0.15) is 57.6 Å². The minimum atomic E-state index is -0.293. The molecule has 1 aliphatic rings. The zero-order valence-corrected chi connectivity index (χ0v) is 13.7. The second kappa shape index (κ2) is 7.57. The Bertz CT molecular complexity index is 460. The molecule has 0 heterocycles. The van der Waals surface area contributed by atoms with Crippen molar-refractivity contribution in [3.63, 3.8) is 0 Å². The monoisotopic (exact) mass is 313 g/mol. The summed E-state index contributed by atoms with van der Waals surface area (Å²) in [7, 11) is 0. The quantitative estimate of drug-likeness (QED) is 0.775. The largest absolute Gasteiger partial charge is 0.373 e. The van der Waals surface area contributed by atoms with Crippen molar-refractivity contribution in [2.75, 3.05) is 13.2 Å². The first-order valence-corrected chi connectivity index (χ1v) is 8.33. The topological polar surface area (TPSA) is 21.3 Å². The summed E-state index contributed by atoms with van der Waals surface area (Å²) < 4.78 is 20.5. The van der Waals surface area contributed by atoms with Crippen LogP contribution in [0.3, 0.4) is 0 Å². The van der Waals surface area contributed by atoms with E-state index in [1.54, 1.807) is 12.1 Å². The molecule has 0 amide bonds. The molecule has 2 nitrogen and oxygen atoms in total. The Morgan fingerprint density at radius 2 is 2.05 bits per heavy atom. The maximum Gasteiger partial charge on any atom is 0.129 e. The number of rotatable bonds is 7. The summed E-state index contributed by atoms with van der Waals surface area (Å²) in [6, 6.07) is 4.84. The van der Waals surface area contributed by atoms with Crippen molar-refractivity contribution in [1.82, 2.24) is 5.32 Å². The van der Waals surface area contributed by atoms with Crippen LogP contribution < -0.4 is 5.32 Å². The average Bonchev–Trinajstić information content (AvgIpc) is 2.91. The highest BCUT2D eigenvalue weighted by atomic mass is 35.5. The van der Waals surface area contributed by atoms with Crippen molar-refractivity contribution in [3.8, 4) is 0 Å². The molecule has 2 rings (SSSR count). The zero-order chi connectivity index (χ0) is 15.3. The fourth-order valence-electron chi connectivity index (χ4n) is 3.38. The van der Waals surface area contributed by atoms with Gasteiger partial charge in [0.05, 0.1) is 11.6 Å². The fourth-order valence-corrected chi connectivity index (χ4v) is 3.54. The molecule has 0 aliphatic heterocycles. The van der Waals surface area contributed by atoms with Gasteiger partial charge in [-0.15, -0.1) is 0 Å². The first-order chi connectivity index (χ1) is 10.1. The third kappa shape index (κ3) is 3.77. The summed E-state index contributed by atoms with van der Waals surface area (Å²) in [5.74, 6) is -0.248. The lowest BCUT2D eigenvalue weighted by molar-refractivity contribution is -0.0633. The summed E-state index contributed by atoms with van der Waals surface area (Å²) in [6.45, 7) is 5.63. The molecular formula is C17H25ClFNO. The Balaban J connectivity index is 2.36. The Morgan fingerprint density at radius 1 is 1.33 bits per heavy atom. The van der Waals surface area contributed by atoms with Crippen molar-refractivity contribution in [3.05, 3.63) is 34.6 Å². The van der Waals surface area contributed by atoms with E-state index in [0.717, 1.165) is 38.6 Å². The van der Waals surface area contributed by atoms with Gasteiger partial charge in [-0.3, -0.25) is 0 Å². The Morgan fingerprint density at radius 3 is 2.62 bits per heavy atom. The van der Waals surface area contributed by atoms with E-state index in [0.29, 0.717) is 17.2 Å². The highest BCUT2D eigenvalue weighted by Crippen LogP contribution is 2.43. The summed E-state index contributed by atoms with van der Waals surface area (Å²) in [5, 5.41) is 3.94. The van der Waals surface area contributed by atoms with Crippen LogP contribution in [0.5, 0.6) is 0 Å². The summed E-state index contributed by atoms with van der Waals surface area (Å²) >= 11 is 5.89. The highest BCUT2D eigenvalue weighted by molar-refractivity contribution is 6.30. The second-order valence-electron chi connectivity index (χ2n) is 5.76. The molecule has 4 heteroatoms. The predicted octanol–water partition coefficient (Wildman–Crippen LogP) is 4.87. The van der Waals surface area contributed by atoms with Crippen LogP contribution in [-0.4, -0.2) is 18.8 Å². The van der Waals surface area contributed by atoms with Crippen molar-refractivity contribution < 1.29 is 9.13 Å². The van der Waals surface area contributed by atoms with Crippen molar-refractivity contribution in [1.29, 1.82) is 0 Å². The maximum atomic E-state index is 14.4. The molecule has 21 heavy (non-hydrogen) atoms. The standard InChI is InChI=1S/C17H25ClFNO/c1-3-11-20-16(14-8-7-13(18)12-15(14)19)17(21-4-2)9-5-6-10-17/h7-8,12,16,20H,3-6,9-11H2,1-2H3. The van der Waals surface area contributed by atoms with Crippen LogP contribution in [0.2, 0.25) is 5.02 Å². The number of hydrogen-bond donors (Lipinski definition) is 1. The van der Waals surface area contributed by atoms with E-state index in [1.165, 1.54) is 6.07 Å². The van der Waals surface area contributed by atoms with Gasteiger partial charge in [0.15, 0.2) is 0 Å². The van der Waals surface area contributed by atoms with Gasteiger partial charge in [0.25, 0.3) is 0 Å². The van der Waals surface area contributed by atoms with E-state index >= 15 is 0 Å². The fraction of sp³-hybridized carbons (Fsp3) is 0.647. The number of hydrogen-bond acceptors (Lipinski definition) is 2. The molecule has 0 bridgehead atoms. The Hall–Kier alpha value is -0.640. The summed E-state index contributed by atoms with van der Waals surface area (Å²) in [6.07, 6.45) is 5.24. The molecule has 1 aromatic carbocycles. The molecule has 0 saturated heterocycles. The lowest BCUT2D eigenvalue weighted by atomic mass is 9.86. The lowest BCUT2D eigenvalue weighted by Crippen LogP contribution is -2.45. The number of ether oxygens (including phenoxy) is 1. The molecule has 1 unspecified atom stereocenters. The molecule has 1 atom stereocenters. The SMILES string of the molecule is CCCNC(c1ccc(Cl)cc1F)C1(OCC)CCCC1. The summed E-state index contributed by atoms with van der Waals surface area (Å²) in [4.78, 5) is 0. The van der Waals surface area contributed by atoms with Crippen LogP contribution in [0.15, 0.2) is 18.2 Å². The molecule has 1 N–H and O–H groups in total. The minimum absolute atomic E-state index is 0.114. The van der Waals surface area contributed by atoms with Gasteiger partial charge in [0, 0.05) is 17.2 Å². The average molecular weight is 314 g/mol. The first-order valence-electron chi connectivity index (χ1n) is 7.95. The van der Waals surface area contributed by atoms with Crippen LogP contribution in [-0.2, 0) is 4.74 Å². The first kappa shape index (κ1) is 16.7. The van der Waals surface area contributed by atoms with E-state index in [4.69, 9.17) is 16.3 Å². The van der Waals surface area contributed by atoms with Crippen molar-refractivity contribution in [2.24, 2.45) is 0 Å². The summed E-state index contributed by atoms with van der Waals surface area (Å²) in [5.41, 5.74) is 0.377. The van der Waals surface area contributed by atoms with Gasteiger partial charge in [-0.1, -0.05) is 37.4 Å². The molecular weight excluding hydrogens is 289 g/mol. The third-order valence-electron chi connectivity index (χ3n) is 4.28. The third-order valence-corrected chi connectivity index (χ3v) is 4.51. The van der Waals surface area contributed by atoms with Crippen molar-refractivity contribution in [2.45, 2.75) is 57.6 Å². The minimum Gasteiger partial charge on any atom is -0.373 e. The lowest BCUT2D eigenvalue weighted by Gasteiger charge is -2.38. The van der Waals surface area contributed by atoms with E-state index in [2.05, 4.69) is 12.2 Å². The van der Waals surface area contributed by atoms with Gasteiger partial charge >= 0.3 is 0 Å². The molecule has 1 aromatic rings. The van der Waals surface area contributed by atoms with Gasteiger partial charge < -0.3 is 10.1 Å². The second-order valence-corrected chi connectivity index (χ2v) is 6.19. The molecule has 118 valence electrons. The Labute approximate surface area is 132 Å². The highest BCUT2D eigenvalue weighted by Gasteiger charge is 2.43. The molecule has 1 saturated carbocycles. The zero-order valence-electron chi connectivity index (χ0n) is 12.9. The Kier molecular flexibility index (Phi) is 6.03. The smallest absolute Gasteiger partial charge is 0.129 e. The van der Waals surface area contributed by atoms with Gasteiger partial charge in [-0.25, -0.2) is 4.39 Å². The predicted molar refractivity (Wildman–Crippen MR) is 85.3 cm³/mol. The van der Waals surface area contributed by atoms with E-state index in [1.807, 2.05) is 6.92 Å². The van der Waals surface area contributed by atoms with Crippen LogP contribution in [0.4, 0.5) is 4.39 Å². The van der Waals surface area contributed by atoms with E-state index in [-0.39, 0.29) is 17.5 Å². The maximum absolute atomic E-state index is 14.4. The molecule has 0 spiro atoms. The number of nitrogens with one attached hydrogen (secondary N) is 1. The van der Waals surface area contributed by atoms with Gasteiger partial charge in [-0.05, 0) is 44.9 Å². The number of halogens is 2. The van der Waals surface area contributed by atoms with Gasteiger partial charge in [0.1, 0.15) is 5.82 Å². The molecule has 1 fully saturated rings. The van der Waals surface area contributed by atoms with E-state index < -0.39 is 0 Å². The van der Waals surface area contributed by atoms with Crippen LogP contribution in [0.25, 0.3) is 0 Å². The van der Waals surface area contributed by atoms with Crippen LogP contribution >= 0.6 is 11.6 Å². The van der Waals surface area contributed by atoms with Crippen molar-refractivity contribution >= 4 is 11.6 Å². The van der Waals surface area contributed by atoms with Gasteiger partial charge in [0.2, 0.25) is 0 Å². The molecule has 0 aromatic heterocycles. The normalized spacial score (nSPS) is 18.9. The molecule has 0 radical (unpaired) electrons. The molecule has 1 aliphatic carbocycles. The van der Waals surface area contributed by atoms with E-state index in [9.17, 15) is 4.39 Å². The van der Waals surface area contributed by atoms with Gasteiger partial charge in [-0.2, -0.15) is 0 Å². The number of benzene rings is 1.